The van der Waals surface area contributed by atoms with Crippen molar-refractivity contribution in [3.8, 4) is 0 Å². The summed E-state index contributed by atoms with van der Waals surface area (Å²) in [5.74, 6) is 0. The number of ether oxygens (including phenoxy) is 1. The normalized spacial score (nSPS) is 8.30. The molecule has 0 aliphatic heterocycles. The highest BCUT2D eigenvalue weighted by atomic mass is 32.1. The zero-order valence-electron chi connectivity index (χ0n) is 5.53. The van der Waals surface area contributed by atoms with Crippen molar-refractivity contribution in [3.63, 3.8) is 0 Å². The van der Waals surface area contributed by atoms with Gasteiger partial charge in [-0.15, -0.1) is 0 Å². The Morgan fingerprint density at radius 1 is 1.40 bits per heavy atom. The Labute approximate surface area is 63.5 Å². The molecule has 58 valence electrons. The molecule has 0 heterocycles. The lowest BCUT2D eigenvalue weighted by Gasteiger charge is -2.09. The molecular formula is C4H7NO4S. The number of nitrogens with zero attached hydrogens (tertiary/aromatic N) is 1. The Balaban J connectivity index is 3.94. The SMILES string of the molecule is COC(=O)N(C)C(=O)OS. The predicted octanol–water partition coefficient (Wildman–Crippen LogP) is 0.666. The molecule has 6 heteroatoms. The molecule has 0 fully saturated rings. The Bertz CT molecular complexity index is 132. The maximum absolute atomic E-state index is 10.5. The third kappa shape index (κ3) is 2.14. The molecule has 2 amide bonds. The third-order valence-electron chi connectivity index (χ3n) is 0.800. The molecular weight excluding hydrogens is 158 g/mol. The predicted molar refractivity (Wildman–Crippen MR) is 35.6 cm³/mol. The molecule has 0 N–H and O–H groups in total. The first-order chi connectivity index (χ1) is 4.63. The summed E-state index contributed by atoms with van der Waals surface area (Å²) in [6.45, 7) is 0. The van der Waals surface area contributed by atoms with Crippen molar-refractivity contribution in [2.45, 2.75) is 0 Å². The number of hydrogen-bond acceptors (Lipinski definition) is 5. The van der Waals surface area contributed by atoms with E-state index in [0.717, 1.165) is 7.11 Å². The van der Waals surface area contributed by atoms with Crippen LogP contribution in [0.2, 0.25) is 0 Å². The second-order valence-corrected chi connectivity index (χ2v) is 1.57. The monoisotopic (exact) mass is 165 g/mol. The first-order valence-electron chi connectivity index (χ1n) is 2.30. The molecule has 0 aliphatic carbocycles. The average molecular weight is 165 g/mol. The summed E-state index contributed by atoms with van der Waals surface area (Å²) >= 11 is 3.19. The van der Waals surface area contributed by atoms with Crippen LogP contribution in [0.25, 0.3) is 0 Å². The van der Waals surface area contributed by atoms with Crippen LogP contribution in [0.5, 0.6) is 0 Å². The van der Waals surface area contributed by atoms with Gasteiger partial charge in [0.1, 0.15) is 0 Å². The van der Waals surface area contributed by atoms with Gasteiger partial charge in [-0.2, -0.15) is 0 Å². The molecule has 0 aromatic carbocycles. The summed E-state index contributed by atoms with van der Waals surface area (Å²) in [4.78, 5) is 21.6. The minimum Gasteiger partial charge on any atom is -0.452 e. The van der Waals surface area contributed by atoms with Crippen LogP contribution in [0.4, 0.5) is 9.59 Å². The van der Waals surface area contributed by atoms with Gasteiger partial charge in [-0.1, -0.05) is 0 Å². The lowest BCUT2D eigenvalue weighted by Crippen LogP contribution is -2.31. The topological polar surface area (TPSA) is 55.8 Å². The molecule has 0 saturated heterocycles. The highest BCUT2D eigenvalue weighted by Gasteiger charge is 2.16. The van der Waals surface area contributed by atoms with E-state index >= 15 is 0 Å². The molecule has 0 radical (unpaired) electrons. The van der Waals surface area contributed by atoms with Gasteiger partial charge in [0, 0.05) is 20.0 Å². The molecule has 5 nitrogen and oxygen atoms in total. The highest BCUT2D eigenvalue weighted by Crippen LogP contribution is 1.94. The van der Waals surface area contributed by atoms with Gasteiger partial charge in [-0.05, 0) is 0 Å². The molecule has 0 atom stereocenters. The molecule has 0 aliphatic rings. The summed E-state index contributed by atoms with van der Waals surface area (Å²) in [6, 6.07) is 0. The molecule has 0 spiro atoms. The van der Waals surface area contributed by atoms with Gasteiger partial charge in [0.15, 0.2) is 0 Å². The van der Waals surface area contributed by atoms with Gasteiger partial charge >= 0.3 is 12.2 Å². The van der Waals surface area contributed by atoms with Crippen LogP contribution < -0.4 is 0 Å². The second kappa shape index (κ2) is 3.99. The van der Waals surface area contributed by atoms with E-state index in [-0.39, 0.29) is 0 Å². The van der Waals surface area contributed by atoms with E-state index < -0.39 is 12.2 Å². The van der Waals surface area contributed by atoms with Crippen LogP contribution in [0.15, 0.2) is 0 Å². The van der Waals surface area contributed by atoms with Crippen LogP contribution in [-0.4, -0.2) is 31.2 Å². The van der Waals surface area contributed by atoms with Crippen molar-refractivity contribution in [2.24, 2.45) is 0 Å². The number of amides is 2. The maximum Gasteiger partial charge on any atom is 0.431 e. The fourth-order valence-corrected chi connectivity index (χ4v) is 0.395. The van der Waals surface area contributed by atoms with Gasteiger partial charge in [-0.25, -0.2) is 14.5 Å². The molecule has 0 bridgehead atoms. The van der Waals surface area contributed by atoms with Crippen molar-refractivity contribution in [1.29, 1.82) is 0 Å². The largest absolute Gasteiger partial charge is 0.452 e. The molecule has 10 heavy (non-hydrogen) atoms. The number of hydrogen-bond donors (Lipinski definition) is 1. The van der Waals surface area contributed by atoms with Crippen molar-refractivity contribution >= 4 is 25.1 Å². The minimum absolute atomic E-state index is 0.646. The number of thiol groups is 1. The van der Waals surface area contributed by atoms with Crippen molar-refractivity contribution < 1.29 is 18.5 Å². The number of methoxy groups -OCH3 is 1. The van der Waals surface area contributed by atoms with Crippen LogP contribution in [0.1, 0.15) is 0 Å². The minimum atomic E-state index is -0.879. The number of rotatable bonds is 0. The number of imide groups is 1. The van der Waals surface area contributed by atoms with Crippen molar-refractivity contribution in [1.82, 2.24) is 4.90 Å². The Morgan fingerprint density at radius 3 is 2.20 bits per heavy atom. The number of carbonyl (C=O) groups is 2. The second-order valence-electron chi connectivity index (χ2n) is 1.39. The van der Waals surface area contributed by atoms with E-state index in [9.17, 15) is 9.59 Å². The van der Waals surface area contributed by atoms with E-state index in [4.69, 9.17) is 0 Å². The Kier molecular flexibility index (Phi) is 3.63. The smallest absolute Gasteiger partial charge is 0.431 e. The average Bonchev–Trinajstić information content (AvgIpc) is 2.00. The van der Waals surface area contributed by atoms with Crippen molar-refractivity contribution in [2.75, 3.05) is 14.2 Å². The molecule has 0 saturated carbocycles. The molecule has 0 aromatic heterocycles. The van der Waals surface area contributed by atoms with Gasteiger partial charge in [0.2, 0.25) is 0 Å². The quantitative estimate of drug-likeness (QED) is 0.423. The zero-order chi connectivity index (χ0) is 8.15. The van der Waals surface area contributed by atoms with E-state index in [1.165, 1.54) is 7.05 Å². The fourth-order valence-electron chi connectivity index (χ4n) is 0.273. The zero-order valence-corrected chi connectivity index (χ0v) is 6.42. The first-order valence-corrected chi connectivity index (χ1v) is 2.67. The Morgan fingerprint density at radius 2 is 1.90 bits per heavy atom. The molecule has 0 aromatic rings. The standard InChI is InChI=1S/C4H7NO4S/c1-5(3(6)8-2)4(7)9-10/h10H,1-2H3. The van der Waals surface area contributed by atoms with Crippen LogP contribution in [-0.2, 0) is 8.92 Å². The third-order valence-corrected chi connectivity index (χ3v) is 0.957. The number of carbonyl (C=O) groups excluding carboxylic acids is 2. The van der Waals surface area contributed by atoms with Gasteiger partial charge in [-0.3, -0.25) is 0 Å². The van der Waals surface area contributed by atoms with Crippen LogP contribution >= 0.6 is 12.9 Å². The van der Waals surface area contributed by atoms with Gasteiger partial charge in [0.25, 0.3) is 0 Å². The summed E-state index contributed by atoms with van der Waals surface area (Å²) in [5, 5.41) is 0. The van der Waals surface area contributed by atoms with E-state index in [1.807, 2.05) is 0 Å². The molecule has 0 unspecified atom stereocenters. The lowest BCUT2D eigenvalue weighted by molar-refractivity contribution is 0.125. The summed E-state index contributed by atoms with van der Waals surface area (Å²) in [6.07, 6.45) is -1.67. The summed E-state index contributed by atoms with van der Waals surface area (Å²) in [5.41, 5.74) is 0. The van der Waals surface area contributed by atoms with Gasteiger partial charge < -0.3 is 8.92 Å². The van der Waals surface area contributed by atoms with Crippen LogP contribution in [0, 0.1) is 0 Å². The maximum atomic E-state index is 10.5. The van der Waals surface area contributed by atoms with E-state index in [2.05, 4.69) is 21.8 Å². The highest BCUT2D eigenvalue weighted by molar-refractivity contribution is 7.75. The van der Waals surface area contributed by atoms with Crippen LogP contribution in [0.3, 0.4) is 0 Å². The first kappa shape index (κ1) is 9.09. The van der Waals surface area contributed by atoms with Gasteiger partial charge in [0.05, 0.1) is 7.11 Å². The molecule has 0 rings (SSSR count). The van der Waals surface area contributed by atoms with E-state index in [0.29, 0.717) is 4.90 Å². The van der Waals surface area contributed by atoms with Crippen molar-refractivity contribution in [3.05, 3.63) is 0 Å². The fraction of sp³-hybridized carbons (Fsp3) is 0.500. The Hall–Kier alpha value is -0.910. The van der Waals surface area contributed by atoms with E-state index in [1.54, 1.807) is 0 Å². The summed E-state index contributed by atoms with van der Waals surface area (Å²) in [7, 11) is 2.37. The lowest BCUT2D eigenvalue weighted by atomic mass is 10.8. The summed E-state index contributed by atoms with van der Waals surface area (Å²) < 4.78 is 8.10.